The first-order chi connectivity index (χ1) is 7.08. The maximum atomic E-state index is 12.7. The maximum absolute atomic E-state index is 12.7. The van der Waals surface area contributed by atoms with Crippen LogP contribution in [0.2, 0.25) is 0 Å². The minimum absolute atomic E-state index is 0.0658. The zero-order valence-corrected chi connectivity index (χ0v) is 9.24. The van der Waals surface area contributed by atoms with Crippen LogP contribution in [0.3, 0.4) is 0 Å². The Hall–Kier alpha value is -1.17. The summed E-state index contributed by atoms with van der Waals surface area (Å²) < 4.78 is 13.3. The molecule has 1 aliphatic heterocycles. The highest BCUT2D eigenvalue weighted by atomic mass is 79.9. The number of nitrogens with zero attached hydrogens (tertiary/aromatic N) is 2. The molecular weight excluding hydrogens is 267 g/mol. The largest absolute Gasteiger partial charge is 0.465 e. The number of rotatable bonds is 1. The van der Waals surface area contributed by atoms with Gasteiger partial charge in [0.1, 0.15) is 5.82 Å². The SMILES string of the molecule is O=C(O)N1CC(c2ncc(F)cc2Br)C1. The Morgan fingerprint density at radius 2 is 2.33 bits per heavy atom. The first-order valence-electron chi connectivity index (χ1n) is 4.36. The molecule has 1 amide bonds. The third-order valence-electron chi connectivity index (χ3n) is 2.38. The molecule has 2 rings (SSSR count). The van der Waals surface area contributed by atoms with Crippen molar-refractivity contribution >= 4 is 22.0 Å². The second-order valence-corrected chi connectivity index (χ2v) is 4.26. The van der Waals surface area contributed by atoms with Crippen LogP contribution >= 0.6 is 15.9 Å². The van der Waals surface area contributed by atoms with E-state index in [1.807, 2.05) is 0 Å². The van der Waals surface area contributed by atoms with E-state index in [-0.39, 0.29) is 5.92 Å². The number of amides is 1. The quantitative estimate of drug-likeness (QED) is 0.853. The molecule has 0 radical (unpaired) electrons. The van der Waals surface area contributed by atoms with Gasteiger partial charge in [-0.3, -0.25) is 4.98 Å². The van der Waals surface area contributed by atoms with Crippen LogP contribution in [0.25, 0.3) is 0 Å². The zero-order valence-electron chi connectivity index (χ0n) is 7.65. The lowest BCUT2D eigenvalue weighted by Crippen LogP contribution is -2.48. The van der Waals surface area contributed by atoms with Crippen LogP contribution in [-0.2, 0) is 0 Å². The maximum Gasteiger partial charge on any atom is 0.407 e. The van der Waals surface area contributed by atoms with E-state index in [1.165, 1.54) is 11.0 Å². The van der Waals surface area contributed by atoms with Crippen LogP contribution in [-0.4, -0.2) is 34.2 Å². The predicted molar refractivity (Wildman–Crippen MR) is 54.2 cm³/mol. The van der Waals surface area contributed by atoms with Gasteiger partial charge in [-0.1, -0.05) is 0 Å². The van der Waals surface area contributed by atoms with E-state index < -0.39 is 11.9 Å². The fourth-order valence-corrected chi connectivity index (χ4v) is 2.18. The number of hydrogen-bond donors (Lipinski definition) is 1. The fraction of sp³-hybridized carbons (Fsp3) is 0.333. The van der Waals surface area contributed by atoms with Crippen LogP contribution in [0.4, 0.5) is 9.18 Å². The molecule has 4 nitrogen and oxygen atoms in total. The van der Waals surface area contributed by atoms with Gasteiger partial charge in [-0.25, -0.2) is 9.18 Å². The smallest absolute Gasteiger partial charge is 0.407 e. The molecule has 0 aromatic carbocycles. The van der Waals surface area contributed by atoms with E-state index in [4.69, 9.17) is 5.11 Å². The second kappa shape index (κ2) is 3.77. The summed E-state index contributed by atoms with van der Waals surface area (Å²) in [5, 5.41) is 8.65. The van der Waals surface area contributed by atoms with E-state index >= 15 is 0 Å². The fourth-order valence-electron chi connectivity index (χ4n) is 1.53. The number of likely N-dealkylation sites (tertiary alicyclic amines) is 1. The minimum atomic E-state index is -0.926. The third-order valence-corrected chi connectivity index (χ3v) is 3.01. The average Bonchev–Trinajstić information content (AvgIpc) is 2.05. The molecule has 0 saturated carbocycles. The highest BCUT2D eigenvalue weighted by Crippen LogP contribution is 2.30. The number of aromatic nitrogens is 1. The summed E-state index contributed by atoms with van der Waals surface area (Å²) in [5.41, 5.74) is 0.717. The Morgan fingerprint density at radius 3 is 2.87 bits per heavy atom. The molecule has 0 atom stereocenters. The summed E-state index contributed by atoms with van der Waals surface area (Å²) >= 11 is 3.21. The molecule has 0 aliphatic carbocycles. The molecular formula is C9H8BrFN2O2. The second-order valence-electron chi connectivity index (χ2n) is 3.41. The van der Waals surface area contributed by atoms with Gasteiger partial charge in [0.05, 0.1) is 11.9 Å². The molecule has 1 aromatic rings. The number of pyridine rings is 1. The van der Waals surface area contributed by atoms with Gasteiger partial charge >= 0.3 is 6.09 Å². The third kappa shape index (κ3) is 1.94. The van der Waals surface area contributed by atoms with E-state index in [1.54, 1.807) is 0 Å². The van der Waals surface area contributed by atoms with Gasteiger partial charge in [-0.15, -0.1) is 0 Å². The Labute approximate surface area is 93.9 Å². The first kappa shape index (κ1) is 10.4. The van der Waals surface area contributed by atoms with Gasteiger partial charge in [-0.05, 0) is 22.0 Å². The van der Waals surface area contributed by atoms with E-state index in [9.17, 15) is 9.18 Å². The molecule has 0 spiro atoms. The lowest BCUT2D eigenvalue weighted by atomic mass is 9.96. The average molecular weight is 275 g/mol. The molecule has 1 fully saturated rings. The summed E-state index contributed by atoms with van der Waals surface area (Å²) in [6.45, 7) is 0.846. The van der Waals surface area contributed by atoms with Crippen LogP contribution < -0.4 is 0 Å². The van der Waals surface area contributed by atoms with Crippen molar-refractivity contribution < 1.29 is 14.3 Å². The van der Waals surface area contributed by atoms with Gasteiger partial charge in [-0.2, -0.15) is 0 Å². The predicted octanol–water partition coefficient (Wildman–Crippen LogP) is 2.06. The monoisotopic (exact) mass is 274 g/mol. The first-order valence-corrected chi connectivity index (χ1v) is 5.16. The molecule has 80 valence electrons. The molecule has 0 unspecified atom stereocenters. The van der Waals surface area contributed by atoms with Gasteiger partial charge in [0, 0.05) is 23.5 Å². The van der Waals surface area contributed by atoms with Crippen molar-refractivity contribution in [2.45, 2.75) is 5.92 Å². The van der Waals surface area contributed by atoms with Gasteiger partial charge < -0.3 is 10.0 Å². The Bertz CT molecular complexity index is 407. The van der Waals surface area contributed by atoms with Crippen molar-refractivity contribution in [3.63, 3.8) is 0 Å². The Kier molecular flexibility index (Phi) is 2.60. The molecule has 2 heterocycles. The van der Waals surface area contributed by atoms with Crippen molar-refractivity contribution in [2.24, 2.45) is 0 Å². The van der Waals surface area contributed by atoms with Crippen molar-refractivity contribution in [3.05, 3.63) is 28.2 Å². The lowest BCUT2D eigenvalue weighted by molar-refractivity contribution is 0.104. The number of carbonyl (C=O) groups is 1. The van der Waals surface area contributed by atoms with Crippen LogP contribution in [0.1, 0.15) is 11.6 Å². The van der Waals surface area contributed by atoms with Crippen molar-refractivity contribution in [1.29, 1.82) is 0 Å². The summed E-state index contributed by atoms with van der Waals surface area (Å²) in [7, 11) is 0. The van der Waals surface area contributed by atoms with Crippen LogP contribution in [0.15, 0.2) is 16.7 Å². The van der Waals surface area contributed by atoms with Crippen LogP contribution in [0, 0.1) is 5.82 Å². The lowest BCUT2D eigenvalue weighted by Gasteiger charge is -2.36. The van der Waals surface area contributed by atoms with Crippen molar-refractivity contribution in [2.75, 3.05) is 13.1 Å². The number of carboxylic acid groups (broad SMARTS) is 1. The van der Waals surface area contributed by atoms with E-state index in [2.05, 4.69) is 20.9 Å². The number of hydrogen-bond acceptors (Lipinski definition) is 2. The highest BCUT2D eigenvalue weighted by Gasteiger charge is 2.33. The van der Waals surface area contributed by atoms with Gasteiger partial charge in [0.25, 0.3) is 0 Å². The summed E-state index contributed by atoms with van der Waals surface area (Å²) in [5.74, 6) is -0.337. The van der Waals surface area contributed by atoms with Crippen molar-refractivity contribution in [1.82, 2.24) is 9.88 Å². The van der Waals surface area contributed by atoms with Gasteiger partial charge in [0.15, 0.2) is 0 Å². The molecule has 15 heavy (non-hydrogen) atoms. The molecule has 1 aliphatic rings. The zero-order chi connectivity index (χ0) is 11.0. The molecule has 0 bridgehead atoms. The summed E-state index contributed by atoms with van der Waals surface area (Å²) in [6.07, 6.45) is 0.216. The topological polar surface area (TPSA) is 53.4 Å². The molecule has 1 N–H and O–H groups in total. The van der Waals surface area contributed by atoms with Crippen molar-refractivity contribution in [3.8, 4) is 0 Å². The summed E-state index contributed by atoms with van der Waals surface area (Å²) in [4.78, 5) is 15.8. The normalized spacial score (nSPS) is 16.3. The summed E-state index contributed by atoms with van der Waals surface area (Å²) in [6, 6.07) is 1.34. The molecule has 1 aromatic heterocycles. The Balaban J connectivity index is 2.10. The van der Waals surface area contributed by atoms with Crippen LogP contribution in [0.5, 0.6) is 0 Å². The standard InChI is InChI=1S/C9H8BrFN2O2/c10-7-1-6(11)2-12-8(7)5-3-13(4-5)9(14)15/h1-2,5H,3-4H2,(H,14,15). The highest BCUT2D eigenvalue weighted by molar-refractivity contribution is 9.10. The van der Waals surface area contributed by atoms with E-state index in [0.29, 0.717) is 23.3 Å². The molecule has 6 heteroatoms. The molecule has 1 saturated heterocycles. The van der Waals surface area contributed by atoms with Gasteiger partial charge in [0.2, 0.25) is 0 Å². The Morgan fingerprint density at radius 1 is 1.67 bits per heavy atom. The van der Waals surface area contributed by atoms with E-state index in [0.717, 1.165) is 6.20 Å². The minimum Gasteiger partial charge on any atom is -0.465 e. The number of halogens is 2.